The van der Waals surface area contributed by atoms with Crippen molar-refractivity contribution < 1.29 is 9.59 Å². The Hall–Kier alpha value is -2.73. The fraction of sp³-hybridized carbons (Fsp3) is 0.286. The number of fused-ring (bicyclic) bond motifs is 1. The van der Waals surface area contributed by atoms with Crippen LogP contribution in [0.4, 0.5) is 5.69 Å². The van der Waals surface area contributed by atoms with E-state index in [1.165, 1.54) is 0 Å². The predicted octanol–water partition coefficient (Wildman–Crippen LogP) is 3.85. The highest BCUT2D eigenvalue weighted by atomic mass is 32.1. The number of amides is 2. The summed E-state index contributed by atoms with van der Waals surface area (Å²) >= 11 is 1.65. The monoisotopic (exact) mass is 379 g/mol. The minimum absolute atomic E-state index is 0.0319. The molecule has 6 heteroatoms. The first kappa shape index (κ1) is 17.7. The van der Waals surface area contributed by atoms with Gasteiger partial charge < -0.3 is 10.2 Å². The highest BCUT2D eigenvalue weighted by molar-refractivity contribution is 7.18. The molecular weight excluding hydrogens is 358 g/mol. The van der Waals surface area contributed by atoms with Gasteiger partial charge in [0.1, 0.15) is 0 Å². The number of benzene rings is 2. The Balaban J connectivity index is 1.42. The molecule has 0 aliphatic carbocycles. The third kappa shape index (κ3) is 3.85. The van der Waals surface area contributed by atoms with Crippen LogP contribution in [0.15, 0.2) is 48.5 Å². The summed E-state index contributed by atoms with van der Waals surface area (Å²) in [5, 5.41) is 4.06. The molecule has 1 N–H and O–H groups in total. The van der Waals surface area contributed by atoms with Gasteiger partial charge in [0.25, 0.3) is 0 Å². The van der Waals surface area contributed by atoms with Crippen LogP contribution in [0, 0.1) is 5.92 Å². The topological polar surface area (TPSA) is 62.3 Å². The quantitative estimate of drug-likeness (QED) is 0.732. The van der Waals surface area contributed by atoms with Crippen LogP contribution in [0.2, 0.25) is 0 Å². The normalized spacial score (nSPS) is 16.9. The van der Waals surface area contributed by atoms with Gasteiger partial charge >= 0.3 is 0 Å². The number of aromatic nitrogens is 1. The zero-order valence-electron chi connectivity index (χ0n) is 15.1. The van der Waals surface area contributed by atoms with Gasteiger partial charge in [-0.25, -0.2) is 4.98 Å². The number of nitrogens with zero attached hydrogens (tertiary/aromatic N) is 2. The number of likely N-dealkylation sites (tertiary alicyclic amines) is 1. The molecule has 1 atom stereocenters. The van der Waals surface area contributed by atoms with Crippen LogP contribution in [-0.2, 0) is 22.6 Å². The van der Waals surface area contributed by atoms with E-state index in [-0.39, 0.29) is 24.2 Å². The summed E-state index contributed by atoms with van der Waals surface area (Å²) in [6.45, 7) is 3.09. The Kier molecular flexibility index (Phi) is 4.90. The second kappa shape index (κ2) is 7.48. The summed E-state index contributed by atoms with van der Waals surface area (Å²) in [5.41, 5.74) is 2.79. The number of hydrogen-bond donors (Lipinski definition) is 1. The Morgan fingerprint density at radius 1 is 1.26 bits per heavy atom. The van der Waals surface area contributed by atoms with E-state index < -0.39 is 0 Å². The largest absolute Gasteiger partial charge is 0.338 e. The maximum atomic E-state index is 12.7. The predicted molar refractivity (Wildman–Crippen MR) is 108 cm³/mol. The number of carbonyl (C=O) groups excluding carboxylic acids is 2. The third-order valence-corrected chi connectivity index (χ3v) is 5.97. The number of carbonyl (C=O) groups is 2. The lowest BCUT2D eigenvalue weighted by Gasteiger charge is -2.16. The Morgan fingerprint density at radius 2 is 2.07 bits per heavy atom. The van der Waals surface area contributed by atoms with Gasteiger partial charge in [0.15, 0.2) is 0 Å². The molecular formula is C21H21N3O2S. The van der Waals surface area contributed by atoms with Crippen molar-refractivity contribution in [2.24, 2.45) is 5.92 Å². The summed E-state index contributed by atoms with van der Waals surface area (Å²) in [6.07, 6.45) is 1.17. The molecule has 27 heavy (non-hydrogen) atoms. The van der Waals surface area contributed by atoms with E-state index in [4.69, 9.17) is 0 Å². The number of anilines is 1. The molecule has 1 aromatic heterocycles. The lowest BCUT2D eigenvalue weighted by Crippen LogP contribution is -2.28. The first-order valence-corrected chi connectivity index (χ1v) is 9.96. The highest BCUT2D eigenvalue weighted by Gasteiger charge is 2.34. The molecule has 3 aromatic rings. The number of nitrogens with one attached hydrogen (secondary N) is 1. The molecule has 2 aromatic carbocycles. The van der Waals surface area contributed by atoms with E-state index in [0.29, 0.717) is 13.1 Å². The van der Waals surface area contributed by atoms with Crippen molar-refractivity contribution in [3.63, 3.8) is 0 Å². The molecule has 1 unspecified atom stereocenters. The van der Waals surface area contributed by atoms with Crippen molar-refractivity contribution in [3.8, 4) is 0 Å². The van der Waals surface area contributed by atoms with E-state index in [1.807, 2.05) is 48.5 Å². The van der Waals surface area contributed by atoms with Crippen LogP contribution in [0.5, 0.6) is 0 Å². The number of thiazole rings is 1. The molecule has 2 amide bonds. The van der Waals surface area contributed by atoms with E-state index in [2.05, 4.69) is 17.2 Å². The molecule has 1 saturated heterocycles. The van der Waals surface area contributed by atoms with E-state index in [1.54, 1.807) is 16.2 Å². The summed E-state index contributed by atoms with van der Waals surface area (Å²) < 4.78 is 1.07. The minimum Gasteiger partial charge on any atom is -0.338 e. The van der Waals surface area contributed by atoms with Gasteiger partial charge in [-0.15, -0.1) is 11.3 Å². The number of hydrogen-bond acceptors (Lipinski definition) is 4. The van der Waals surface area contributed by atoms with Gasteiger partial charge in [-0.2, -0.15) is 0 Å². The van der Waals surface area contributed by atoms with Gasteiger partial charge in [0.05, 0.1) is 21.1 Å². The van der Waals surface area contributed by atoms with E-state index in [9.17, 15) is 9.59 Å². The lowest BCUT2D eigenvalue weighted by atomic mass is 10.1. The van der Waals surface area contributed by atoms with Crippen LogP contribution in [0.3, 0.4) is 0 Å². The van der Waals surface area contributed by atoms with Crippen molar-refractivity contribution in [2.45, 2.75) is 26.3 Å². The highest BCUT2D eigenvalue weighted by Crippen LogP contribution is 2.27. The van der Waals surface area contributed by atoms with Crippen LogP contribution in [0.25, 0.3) is 10.2 Å². The number of rotatable bonds is 5. The fourth-order valence-electron chi connectivity index (χ4n) is 3.35. The Bertz CT molecular complexity index is 984. The average Bonchev–Trinajstić information content (AvgIpc) is 3.25. The zero-order chi connectivity index (χ0) is 18.8. The molecule has 2 heterocycles. The third-order valence-electron chi connectivity index (χ3n) is 4.80. The van der Waals surface area contributed by atoms with Crippen molar-refractivity contribution in [1.82, 2.24) is 9.88 Å². The van der Waals surface area contributed by atoms with Gasteiger partial charge in [0.2, 0.25) is 11.8 Å². The molecule has 0 spiro atoms. The van der Waals surface area contributed by atoms with Gasteiger partial charge in [0, 0.05) is 25.2 Å². The molecule has 1 aliphatic heterocycles. The van der Waals surface area contributed by atoms with Crippen molar-refractivity contribution >= 4 is 39.1 Å². The van der Waals surface area contributed by atoms with Crippen molar-refractivity contribution in [1.29, 1.82) is 0 Å². The van der Waals surface area contributed by atoms with Crippen LogP contribution < -0.4 is 5.32 Å². The first-order chi connectivity index (χ1) is 13.1. The first-order valence-electron chi connectivity index (χ1n) is 9.14. The van der Waals surface area contributed by atoms with Gasteiger partial charge in [-0.05, 0) is 30.2 Å². The maximum absolute atomic E-state index is 12.7. The smallest absolute Gasteiger partial charge is 0.229 e. The standard InChI is InChI=1S/C21H21N3O2S/c1-2-19-23-17-9-8-16(11-18(17)27-19)22-21(26)15-10-20(25)24(13-15)12-14-6-4-3-5-7-14/h3-9,11,15H,2,10,12-13H2,1H3,(H,22,26). The Labute approximate surface area is 162 Å². The molecule has 0 radical (unpaired) electrons. The molecule has 1 aliphatic rings. The molecule has 138 valence electrons. The number of aryl methyl sites for hydroxylation is 1. The minimum atomic E-state index is -0.315. The lowest BCUT2D eigenvalue weighted by molar-refractivity contribution is -0.128. The molecule has 4 rings (SSSR count). The molecule has 0 bridgehead atoms. The summed E-state index contributed by atoms with van der Waals surface area (Å²) in [6, 6.07) is 15.6. The molecule has 0 saturated carbocycles. The van der Waals surface area contributed by atoms with Crippen molar-refractivity contribution in [2.75, 3.05) is 11.9 Å². The second-order valence-corrected chi connectivity index (χ2v) is 7.91. The molecule has 5 nitrogen and oxygen atoms in total. The summed E-state index contributed by atoms with van der Waals surface area (Å²) in [5.74, 6) is -0.382. The Morgan fingerprint density at radius 3 is 2.85 bits per heavy atom. The van der Waals surface area contributed by atoms with E-state index >= 15 is 0 Å². The average molecular weight is 379 g/mol. The van der Waals surface area contributed by atoms with Gasteiger partial charge in [-0.1, -0.05) is 37.3 Å². The second-order valence-electron chi connectivity index (χ2n) is 6.79. The van der Waals surface area contributed by atoms with Crippen LogP contribution in [0.1, 0.15) is 23.9 Å². The fourth-order valence-corrected chi connectivity index (χ4v) is 4.30. The van der Waals surface area contributed by atoms with Gasteiger partial charge in [-0.3, -0.25) is 9.59 Å². The summed E-state index contributed by atoms with van der Waals surface area (Å²) in [7, 11) is 0. The maximum Gasteiger partial charge on any atom is 0.229 e. The van der Waals surface area contributed by atoms with Crippen LogP contribution >= 0.6 is 11.3 Å². The van der Waals surface area contributed by atoms with Crippen LogP contribution in [-0.4, -0.2) is 28.2 Å². The zero-order valence-corrected chi connectivity index (χ0v) is 16.0. The SMILES string of the molecule is CCc1nc2ccc(NC(=O)C3CC(=O)N(Cc4ccccc4)C3)cc2s1. The molecule has 1 fully saturated rings. The van der Waals surface area contributed by atoms with E-state index in [0.717, 1.165) is 32.9 Å². The summed E-state index contributed by atoms with van der Waals surface area (Å²) in [4.78, 5) is 31.3. The van der Waals surface area contributed by atoms with Crippen molar-refractivity contribution in [3.05, 3.63) is 59.1 Å².